The molecule has 0 aliphatic carbocycles. The Morgan fingerprint density at radius 3 is 2.20 bits per heavy atom. The Hall–Kier alpha value is -2.65. The number of rotatable bonds is 6. The molecule has 0 unspecified atom stereocenters. The second-order valence-corrected chi connectivity index (χ2v) is 10.7. The number of nitro groups is 1. The van der Waals surface area contributed by atoms with Crippen molar-refractivity contribution in [2.45, 2.75) is 62.6 Å². The fraction of sp³-hybridized carbons (Fsp3) is 0.429. The van der Waals surface area contributed by atoms with Gasteiger partial charge in [0.15, 0.2) is 0 Å². The van der Waals surface area contributed by atoms with Crippen molar-refractivity contribution >= 4 is 27.1 Å². The van der Waals surface area contributed by atoms with Gasteiger partial charge in [0.1, 0.15) is 5.69 Å². The Labute approximate surface area is 177 Å². The summed E-state index contributed by atoms with van der Waals surface area (Å²) in [6.45, 7) is 8.40. The number of nitrogens with zero attached hydrogens (tertiary/aromatic N) is 1. The molecular weight excluding hydrogens is 404 g/mol. The highest BCUT2D eigenvalue weighted by Gasteiger charge is 2.38. The Balaban J connectivity index is 1.88. The quantitative estimate of drug-likeness (QED) is 0.467. The Morgan fingerprint density at radius 2 is 1.63 bits per heavy atom. The van der Waals surface area contributed by atoms with E-state index in [1.54, 1.807) is 30.3 Å². The number of hydrogen-bond donors (Lipinski definition) is 3. The van der Waals surface area contributed by atoms with Gasteiger partial charge >= 0.3 is 0 Å². The van der Waals surface area contributed by atoms with Crippen LogP contribution in [0.25, 0.3) is 0 Å². The minimum atomic E-state index is -3.95. The van der Waals surface area contributed by atoms with Crippen molar-refractivity contribution in [3.63, 3.8) is 0 Å². The average Bonchev–Trinajstić information content (AvgIpc) is 2.59. The minimum Gasteiger partial charge on any atom is -0.377 e. The van der Waals surface area contributed by atoms with E-state index < -0.39 is 14.9 Å². The van der Waals surface area contributed by atoms with Gasteiger partial charge in [0.2, 0.25) is 0 Å². The lowest BCUT2D eigenvalue weighted by Crippen LogP contribution is -2.60. The lowest BCUT2D eigenvalue weighted by molar-refractivity contribution is -0.384. The third kappa shape index (κ3) is 5.28. The topological polar surface area (TPSA) is 113 Å². The van der Waals surface area contributed by atoms with E-state index in [1.807, 2.05) is 0 Å². The van der Waals surface area contributed by atoms with Gasteiger partial charge < -0.3 is 10.6 Å². The van der Waals surface area contributed by atoms with Crippen LogP contribution >= 0.6 is 0 Å². The molecule has 0 atom stereocenters. The fourth-order valence-electron chi connectivity index (χ4n) is 4.32. The van der Waals surface area contributed by atoms with E-state index in [2.05, 4.69) is 43.1 Å². The predicted molar refractivity (Wildman–Crippen MR) is 118 cm³/mol. The van der Waals surface area contributed by atoms with Gasteiger partial charge in [-0.1, -0.05) is 18.2 Å². The summed E-state index contributed by atoms with van der Waals surface area (Å²) in [5, 5.41) is 18.5. The summed E-state index contributed by atoms with van der Waals surface area (Å²) >= 11 is 0. The first-order chi connectivity index (χ1) is 13.9. The molecule has 0 bridgehead atoms. The third-order valence-corrected chi connectivity index (χ3v) is 6.43. The number of nitro benzene ring substituents is 1. The van der Waals surface area contributed by atoms with Crippen LogP contribution in [0.4, 0.5) is 17.1 Å². The molecular formula is C21H28N4O4S. The maximum Gasteiger partial charge on any atom is 0.293 e. The zero-order chi connectivity index (χ0) is 22.2. The zero-order valence-corrected chi connectivity index (χ0v) is 18.4. The SMILES string of the molecule is CC1(C)CC(Nc2ccc(S(=O)(=O)Nc3ccccc3)cc2[N+](=O)[O-])CC(C)(C)N1. The summed E-state index contributed by atoms with van der Waals surface area (Å²) in [6.07, 6.45) is 1.56. The highest BCUT2D eigenvalue weighted by atomic mass is 32.2. The van der Waals surface area contributed by atoms with E-state index in [4.69, 9.17) is 0 Å². The maximum absolute atomic E-state index is 12.7. The van der Waals surface area contributed by atoms with E-state index in [-0.39, 0.29) is 27.7 Å². The smallest absolute Gasteiger partial charge is 0.293 e. The van der Waals surface area contributed by atoms with Gasteiger partial charge in [0.25, 0.3) is 15.7 Å². The molecule has 1 fully saturated rings. The first kappa shape index (κ1) is 22.0. The second-order valence-electron chi connectivity index (χ2n) is 9.05. The van der Waals surface area contributed by atoms with E-state index >= 15 is 0 Å². The fourth-order valence-corrected chi connectivity index (χ4v) is 5.39. The van der Waals surface area contributed by atoms with Crippen molar-refractivity contribution in [3.8, 4) is 0 Å². The van der Waals surface area contributed by atoms with Crippen molar-refractivity contribution in [1.82, 2.24) is 5.32 Å². The molecule has 0 aromatic heterocycles. The lowest BCUT2D eigenvalue weighted by atomic mass is 9.79. The van der Waals surface area contributed by atoms with E-state index in [9.17, 15) is 18.5 Å². The van der Waals surface area contributed by atoms with Crippen molar-refractivity contribution in [1.29, 1.82) is 0 Å². The van der Waals surface area contributed by atoms with Crippen LogP contribution < -0.4 is 15.4 Å². The summed E-state index contributed by atoms with van der Waals surface area (Å²) in [6, 6.07) is 12.4. The number of hydrogen-bond acceptors (Lipinski definition) is 6. The number of benzene rings is 2. The molecule has 0 saturated carbocycles. The van der Waals surface area contributed by atoms with E-state index in [0.717, 1.165) is 18.9 Å². The molecule has 0 radical (unpaired) electrons. The van der Waals surface area contributed by atoms with Crippen LogP contribution in [-0.2, 0) is 10.0 Å². The number of para-hydroxylation sites is 1. The van der Waals surface area contributed by atoms with E-state index in [0.29, 0.717) is 11.4 Å². The van der Waals surface area contributed by atoms with Gasteiger partial charge in [-0.05, 0) is 64.8 Å². The molecule has 0 amide bonds. The summed E-state index contributed by atoms with van der Waals surface area (Å²) in [5.41, 5.74) is 0.188. The van der Waals surface area contributed by atoms with Crippen molar-refractivity contribution < 1.29 is 13.3 Å². The van der Waals surface area contributed by atoms with Crippen molar-refractivity contribution in [3.05, 3.63) is 58.6 Å². The summed E-state index contributed by atoms with van der Waals surface area (Å²) in [5.74, 6) is 0. The first-order valence-electron chi connectivity index (χ1n) is 9.79. The first-order valence-corrected chi connectivity index (χ1v) is 11.3. The Bertz CT molecular complexity index is 1020. The number of anilines is 2. The molecule has 1 heterocycles. The standard InChI is InChI=1S/C21H28N4O4S/c1-20(2)13-16(14-21(3,4)24-20)22-18-11-10-17(12-19(18)25(26)27)30(28,29)23-15-8-6-5-7-9-15/h5-12,16,22-24H,13-14H2,1-4H3. The summed E-state index contributed by atoms with van der Waals surface area (Å²) in [4.78, 5) is 11.0. The average molecular weight is 433 g/mol. The van der Waals surface area contributed by atoms with Gasteiger partial charge in [-0.3, -0.25) is 14.8 Å². The molecule has 162 valence electrons. The van der Waals surface area contributed by atoms with Crippen LogP contribution in [-0.4, -0.2) is 30.5 Å². The van der Waals surface area contributed by atoms with Crippen LogP contribution in [0, 0.1) is 10.1 Å². The highest BCUT2D eigenvalue weighted by Crippen LogP contribution is 2.34. The molecule has 1 aliphatic rings. The maximum atomic E-state index is 12.7. The van der Waals surface area contributed by atoms with E-state index in [1.165, 1.54) is 12.1 Å². The second kappa shape index (κ2) is 7.88. The van der Waals surface area contributed by atoms with Gasteiger partial charge in [0, 0.05) is 28.9 Å². The minimum absolute atomic E-state index is 0.0138. The highest BCUT2D eigenvalue weighted by molar-refractivity contribution is 7.92. The molecule has 1 saturated heterocycles. The van der Waals surface area contributed by atoms with Crippen LogP contribution in [0.1, 0.15) is 40.5 Å². The normalized spacial score (nSPS) is 18.5. The lowest BCUT2D eigenvalue weighted by Gasteiger charge is -2.46. The molecule has 1 aliphatic heterocycles. The van der Waals surface area contributed by atoms with Crippen LogP contribution in [0.15, 0.2) is 53.4 Å². The van der Waals surface area contributed by atoms with Crippen LogP contribution in [0.5, 0.6) is 0 Å². The predicted octanol–water partition coefficient (Wildman–Crippen LogP) is 4.12. The Kier molecular flexibility index (Phi) is 5.79. The van der Waals surface area contributed by atoms with Gasteiger partial charge in [-0.15, -0.1) is 0 Å². The molecule has 30 heavy (non-hydrogen) atoms. The molecule has 3 N–H and O–H groups in total. The summed E-state index contributed by atoms with van der Waals surface area (Å²) < 4.78 is 27.8. The monoisotopic (exact) mass is 432 g/mol. The summed E-state index contributed by atoms with van der Waals surface area (Å²) in [7, 11) is -3.95. The molecule has 2 aromatic rings. The van der Waals surface area contributed by atoms with Crippen molar-refractivity contribution in [2.75, 3.05) is 10.0 Å². The molecule has 8 nitrogen and oxygen atoms in total. The molecule has 2 aromatic carbocycles. The van der Waals surface area contributed by atoms with Gasteiger partial charge in [-0.2, -0.15) is 0 Å². The molecule has 3 rings (SSSR count). The number of nitrogens with one attached hydrogen (secondary N) is 3. The zero-order valence-electron chi connectivity index (χ0n) is 17.6. The number of piperidine rings is 1. The third-order valence-electron chi connectivity index (χ3n) is 5.05. The van der Waals surface area contributed by atoms with Gasteiger partial charge in [-0.25, -0.2) is 8.42 Å². The van der Waals surface area contributed by atoms with Gasteiger partial charge in [0.05, 0.1) is 9.82 Å². The van der Waals surface area contributed by atoms with Crippen LogP contribution in [0.3, 0.4) is 0 Å². The largest absolute Gasteiger partial charge is 0.377 e. The molecule has 0 spiro atoms. The number of sulfonamides is 1. The molecule has 9 heteroatoms. The van der Waals surface area contributed by atoms with Crippen LogP contribution in [0.2, 0.25) is 0 Å². The van der Waals surface area contributed by atoms with Crippen molar-refractivity contribution in [2.24, 2.45) is 0 Å². The Morgan fingerprint density at radius 1 is 1.03 bits per heavy atom.